The first-order chi connectivity index (χ1) is 49.2. The fourth-order valence-corrected chi connectivity index (χ4v) is 15.0. The number of hydrogen-bond acceptors (Lipinski definition) is 6. The summed E-state index contributed by atoms with van der Waals surface area (Å²) in [5, 5.41) is 0. The molecule has 10 aromatic rings. The van der Waals surface area contributed by atoms with Gasteiger partial charge in [-0.05, 0) is 93.0 Å². The molecule has 532 valence electrons. The average Bonchev–Trinajstić information content (AvgIpc) is 1.54. The summed E-state index contributed by atoms with van der Waals surface area (Å²) in [5.41, 5.74) is -36.6. The Morgan fingerprint density at radius 2 is 0.381 bits per heavy atom. The maximum absolute atomic E-state index is 16.2. The van der Waals surface area contributed by atoms with Crippen LogP contribution in [0.5, 0.6) is 0 Å². The maximum atomic E-state index is 16.2. The maximum Gasteiger partial charge on any atom is 0.563 e. The lowest BCUT2D eigenvalue weighted by Crippen LogP contribution is -2.37. The van der Waals surface area contributed by atoms with Crippen molar-refractivity contribution in [2.75, 3.05) is 0 Å². The van der Waals surface area contributed by atoms with Crippen molar-refractivity contribution in [2.24, 2.45) is 30.0 Å². The Morgan fingerprint density at radius 1 is 0.200 bits per heavy atom. The molecule has 0 saturated carbocycles. The van der Waals surface area contributed by atoms with Crippen molar-refractivity contribution in [3.05, 3.63) is 272 Å². The summed E-state index contributed by atoms with van der Waals surface area (Å²) in [6.45, 7) is 0. The minimum absolute atomic E-state index is 0.369. The molecule has 4 aliphatic rings. The first-order valence-corrected chi connectivity index (χ1v) is 31.6. The van der Waals surface area contributed by atoms with Gasteiger partial charge in [0.25, 0.3) is 0 Å². The molecule has 6 heterocycles. The third kappa shape index (κ3) is 12.4. The molecule has 0 saturated heterocycles. The van der Waals surface area contributed by atoms with Gasteiger partial charge in [-0.15, -0.1) is 0 Å². The lowest BCUT2D eigenvalue weighted by Gasteiger charge is -2.19. The summed E-state index contributed by atoms with van der Waals surface area (Å²) < 4.78 is 387. The van der Waals surface area contributed by atoms with Gasteiger partial charge in [-0.3, -0.25) is 0 Å². The lowest BCUT2D eigenvalue weighted by atomic mass is 9.89. The van der Waals surface area contributed by atoms with Crippen LogP contribution in [0.1, 0.15) is 66.8 Å². The summed E-state index contributed by atoms with van der Waals surface area (Å²) in [5.74, 6) is -7.93. The van der Waals surface area contributed by atoms with Gasteiger partial charge in [0.05, 0.1) is 44.5 Å². The van der Waals surface area contributed by atoms with Gasteiger partial charge in [0.15, 0.2) is 23.3 Å². The van der Waals surface area contributed by atoms with Crippen LogP contribution in [-0.4, -0.2) is 46.1 Å². The smallest absolute Gasteiger partial charge is 0.386 e. The third-order valence-corrected chi connectivity index (χ3v) is 19.1. The highest BCUT2D eigenvalue weighted by Gasteiger charge is 2.48. The van der Waals surface area contributed by atoms with E-state index in [0.717, 1.165) is 97.1 Å². The molecule has 0 unspecified atom stereocenters. The molecular formula is C72H33AlF24N8. The van der Waals surface area contributed by atoms with Crippen molar-refractivity contribution < 1.29 is 105 Å². The van der Waals surface area contributed by atoms with Gasteiger partial charge in [-0.1, -0.05) is 146 Å². The predicted octanol–water partition coefficient (Wildman–Crippen LogP) is 21.1. The molecular weight excluding hydrogens is 1460 g/mol. The Labute approximate surface area is 578 Å². The molecule has 0 N–H and O–H groups in total. The van der Waals surface area contributed by atoms with Gasteiger partial charge in [-0.25, -0.2) is 30.0 Å². The minimum Gasteiger partial charge on any atom is -0.386 e. The molecule has 0 radical (unpaired) electrons. The molecule has 2 aromatic heterocycles. The molecule has 0 aliphatic carbocycles. The number of aromatic nitrogens is 2. The van der Waals surface area contributed by atoms with Gasteiger partial charge in [0.2, 0.25) is 0 Å². The van der Waals surface area contributed by atoms with Crippen molar-refractivity contribution in [3.8, 4) is 44.5 Å². The zero-order valence-corrected chi connectivity index (χ0v) is 53.2. The van der Waals surface area contributed by atoms with Crippen LogP contribution >= 0.6 is 0 Å². The fraction of sp³-hybridized carbons (Fsp3) is 0.111. The van der Waals surface area contributed by atoms with Crippen LogP contribution < -0.4 is 11.0 Å². The first-order valence-electron chi connectivity index (χ1n) is 30.4. The van der Waals surface area contributed by atoms with Crippen molar-refractivity contribution >= 4 is 72.9 Å². The molecule has 8 aromatic carbocycles. The monoisotopic (exact) mass is 1490 g/mol. The van der Waals surface area contributed by atoms with E-state index in [4.69, 9.17) is 0 Å². The number of rotatable bonds is 8. The first kappa shape index (κ1) is 70.9. The van der Waals surface area contributed by atoms with Crippen molar-refractivity contribution in [3.63, 3.8) is 0 Å². The SMILES string of the molecule is FC(F)(F)c1ccccc1C1=C(c2ccccc2C(F)(F)F)C2=Nc3c(-c4ccccc4C(F)(F)F)c(-c4ccccc4C(F)(F)F)c4[n]3[AlH][n]3c(c(-c5ccccc5C(F)(F)F)c(-c5ccccc5C(F)(F)F)c3=NC3=NC(=N4)C(c4ccccc4C(F)(F)F)=C3c3ccccc3C(F)(F)F)=NC1=N2. The second-order valence-corrected chi connectivity index (χ2v) is 25.2. The van der Waals surface area contributed by atoms with E-state index in [1.165, 1.54) is 0 Å². The fourth-order valence-electron chi connectivity index (χ4n) is 13.3. The van der Waals surface area contributed by atoms with E-state index >= 15 is 105 Å². The Hall–Kier alpha value is -11.1. The van der Waals surface area contributed by atoms with Crippen LogP contribution in [0.25, 0.3) is 66.8 Å². The Morgan fingerprint density at radius 3 is 0.600 bits per heavy atom. The second kappa shape index (κ2) is 24.8. The summed E-state index contributed by atoms with van der Waals surface area (Å²) in [6, 6.07) is 21.5. The molecule has 6 bridgehead atoms. The van der Waals surface area contributed by atoms with Crippen LogP contribution in [0.2, 0.25) is 0 Å². The third-order valence-electron chi connectivity index (χ3n) is 17.4. The number of halogens is 24. The molecule has 4 aliphatic heterocycles. The molecule has 8 nitrogen and oxygen atoms in total. The predicted molar refractivity (Wildman–Crippen MR) is 339 cm³/mol. The quantitative estimate of drug-likeness (QED) is 0.107. The highest BCUT2D eigenvalue weighted by atomic mass is 27.1. The largest absolute Gasteiger partial charge is 0.563 e. The van der Waals surface area contributed by atoms with Crippen LogP contribution in [0.3, 0.4) is 0 Å². The summed E-state index contributed by atoms with van der Waals surface area (Å²) in [6.07, 6.45) is -45.1. The zero-order chi connectivity index (χ0) is 75.2. The van der Waals surface area contributed by atoms with Gasteiger partial charge in [-0.2, -0.15) is 105 Å². The molecule has 0 atom stereocenters. The molecule has 105 heavy (non-hydrogen) atoms. The van der Waals surface area contributed by atoms with E-state index in [2.05, 4.69) is 30.0 Å². The van der Waals surface area contributed by atoms with Gasteiger partial charge in [0.1, 0.15) is 22.6 Å². The van der Waals surface area contributed by atoms with Crippen molar-refractivity contribution in [2.45, 2.75) is 49.4 Å². The van der Waals surface area contributed by atoms with Crippen LogP contribution in [0, 0.1) is 0 Å². The number of aliphatic imine (C=N–C) groups is 4. The second-order valence-electron chi connectivity index (χ2n) is 23.6. The van der Waals surface area contributed by atoms with Crippen LogP contribution in [0.4, 0.5) is 117 Å². The van der Waals surface area contributed by atoms with Crippen LogP contribution in [0.15, 0.2) is 224 Å². The van der Waals surface area contributed by atoms with Crippen molar-refractivity contribution in [1.29, 1.82) is 0 Å². The van der Waals surface area contributed by atoms with E-state index in [1.54, 1.807) is 0 Å². The summed E-state index contributed by atoms with van der Waals surface area (Å²) in [7, 11) is 0. The van der Waals surface area contributed by atoms with Gasteiger partial charge < -0.3 is 7.10 Å². The number of benzene rings is 8. The summed E-state index contributed by atoms with van der Waals surface area (Å²) in [4.78, 5) is 27.4. The summed E-state index contributed by atoms with van der Waals surface area (Å²) >= 11 is -3.99. The van der Waals surface area contributed by atoms with E-state index in [-0.39, 0.29) is 0 Å². The number of amidine groups is 4. The van der Waals surface area contributed by atoms with E-state index in [1.807, 2.05) is 0 Å². The number of alkyl halides is 24. The molecule has 0 spiro atoms. The van der Waals surface area contributed by atoms with Gasteiger partial charge in [0, 0.05) is 44.5 Å². The average molecular weight is 1490 g/mol. The number of hydrogen-bond donors (Lipinski definition) is 0. The Bertz CT molecular complexity index is 5310. The Kier molecular flexibility index (Phi) is 16.8. The number of nitrogens with zero attached hydrogens (tertiary/aromatic N) is 8. The molecule has 33 heteroatoms. The Balaban J connectivity index is 1.37. The highest BCUT2D eigenvalue weighted by Crippen LogP contribution is 2.57. The van der Waals surface area contributed by atoms with E-state index in [9.17, 15) is 0 Å². The minimum atomic E-state index is -5.67. The van der Waals surface area contributed by atoms with Crippen molar-refractivity contribution in [1.82, 2.24) is 7.10 Å². The van der Waals surface area contributed by atoms with Gasteiger partial charge >= 0.3 is 65.1 Å². The molecule has 0 fully saturated rings. The molecule has 14 rings (SSSR count). The molecule has 0 amide bonds. The topological polar surface area (TPSA) is 84.0 Å². The zero-order valence-electron chi connectivity index (χ0n) is 51.8. The number of fused-ring (bicyclic) bond motifs is 2. The van der Waals surface area contributed by atoms with E-state index < -0.39 is 245 Å². The lowest BCUT2D eigenvalue weighted by molar-refractivity contribution is -0.138. The normalized spacial score (nSPS) is 15.0. The highest BCUT2D eigenvalue weighted by molar-refractivity contribution is 6.52. The van der Waals surface area contributed by atoms with Crippen LogP contribution in [-0.2, 0) is 49.4 Å². The van der Waals surface area contributed by atoms with E-state index in [0.29, 0.717) is 104 Å². The standard InChI is InChI=1S/C72H32F24N8.Al.H/c73-65(74,75)41-25-9-1-17-33(41)49-50(34-18-2-10-26-42(34)66(76,77)78)58-97-57(49)101-59-51(35-19-3-11-27-43(35)67(79,80)81)52(36-20-4-12-28-44(36)68(82,83)84)61(98-59)103-63-55(39-23-7-15-31-47(39)71(91,92)93)56(40-24-8-16-32-48(40)72(94,95)96)64(100-63)104-62-54(38-22-6-14-30-46(38)70(88,89)90)53(60(99-62)102-58)37-21-5-13-29-45(37)69(85,86)87;;/h1-32H;;/q-2;+2;.